The van der Waals surface area contributed by atoms with Crippen LogP contribution in [0.1, 0.15) is 16.3 Å². The van der Waals surface area contributed by atoms with Crippen LogP contribution in [0.15, 0.2) is 45.8 Å². The van der Waals surface area contributed by atoms with E-state index in [0.29, 0.717) is 36.4 Å². The van der Waals surface area contributed by atoms with Crippen LogP contribution in [0.3, 0.4) is 0 Å². The van der Waals surface area contributed by atoms with Crippen molar-refractivity contribution >= 4 is 47.4 Å². The summed E-state index contributed by atoms with van der Waals surface area (Å²) in [6.07, 6.45) is 0. The van der Waals surface area contributed by atoms with Crippen molar-refractivity contribution in [2.24, 2.45) is 10.7 Å². The van der Waals surface area contributed by atoms with Gasteiger partial charge in [-0.05, 0) is 30.3 Å². The lowest BCUT2D eigenvalue weighted by molar-refractivity contribution is 0.0972. The lowest BCUT2D eigenvalue weighted by atomic mass is 10.3. The molecule has 0 aliphatic rings. The fourth-order valence-electron chi connectivity index (χ4n) is 2.12. The Bertz CT molecular complexity index is 751. The third-order valence-corrected chi connectivity index (χ3v) is 3.63. The predicted octanol–water partition coefficient (Wildman–Crippen LogP) is 2.74. The first-order valence-corrected chi connectivity index (χ1v) is 8.06. The number of nitrogens with zero attached hydrogens (tertiary/aromatic N) is 2. The number of carbonyl (C=O) groups excluding carboxylic acids is 1. The van der Waals surface area contributed by atoms with Crippen molar-refractivity contribution in [3.63, 3.8) is 0 Å². The second-order valence-corrected chi connectivity index (χ2v) is 5.69. The van der Waals surface area contributed by atoms with E-state index in [1.54, 1.807) is 31.3 Å². The van der Waals surface area contributed by atoms with Crippen LogP contribution in [-0.2, 0) is 6.54 Å². The summed E-state index contributed by atoms with van der Waals surface area (Å²) in [5.74, 6) is 1.53. The van der Waals surface area contributed by atoms with Crippen LogP contribution in [0.5, 0.6) is 5.75 Å². The van der Waals surface area contributed by atoms with Crippen molar-refractivity contribution in [3.05, 3.63) is 52.9 Å². The zero-order chi connectivity index (χ0) is 18.2. The summed E-state index contributed by atoms with van der Waals surface area (Å²) in [5.41, 5.74) is 5.16. The summed E-state index contributed by atoms with van der Waals surface area (Å²) < 4.78 is 11.0. The highest BCUT2D eigenvalue weighted by molar-refractivity contribution is 14.0. The van der Waals surface area contributed by atoms with Gasteiger partial charge in [0.05, 0.1) is 13.1 Å². The molecule has 0 fully saturated rings. The Kier molecular flexibility index (Phi) is 9.28. The first-order chi connectivity index (χ1) is 12.0. The van der Waals surface area contributed by atoms with E-state index in [4.69, 9.17) is 26.5 Å². The van der Waals surface area contributed by atoms with Gasteiger partial charge in [-0.3, -0.25) is 9.79 Å². The molecule has 142 valence electrons. The summed E-state index contributed by atoms with van der Waals surface area (Å²) in [4.78, 5) is 17.2. The van der Waals surface area contributed by atoms with E-state index in [-0.39, 0.29) is 29.7 Å². The van der Waals surface area contributed by atoms with Crippen LogP contribution >= 0.6 is 35.6 Å². The summed E-state index contributed by atoms with van der Waals surface area (Å²) in [6, 6.07) is 10.5. The van der Waals surface area contributed by atoms with E-state index in [2.05, 4.69) is 10.3 Å². The van der Waals surface area contributed by atoms with Gasteiger partial charge in [0, 0.05) is 19.1 Å². The number of primary amides is 1. The number of amides is 1. The molecule has 0 spiro atoms. The van der Waals surface area contributed by atoms with Crippen LogP contribution in [0.2, 0.25) is 5.02 Å². The lowest BCUT2D eigenvalue weighted by Crippen LogP contribution is -2.40. The molecule has 0 unspecified atom stereocenters. The Hall–Kier alpha value is -1.94. The van der Waals surface area contributed by atoms with Gasteiger partial charge < -0.3 is 25.1 Å². The zero-order valence-electron chi connectivity index (χ0n) is 14.6. The molecule has 1 amide bonds. The molecule has 0 saturated heterocycles. The Labute approximate surface area is 174 Å². The minimum Gasteiger partial charge on any atom is -0.492 e. The van der Waals surface area contributed by atoms with E-state index >= 15 is 0 Å². The lowest BCUT2D eigenvalue weighted by Gasteiger charge is -2.21. The maximum atomic E-state index is 11.0. The number of likely N-dealkylation sites (N-methyl/N-ethyl adjacent to an activating group) is 1. The fraction of sp³-hybridized carbons (Fsp3) is 0.294. The third kappa shape index (κ3) is 6.75. The maximum absolute atomic E-state index is 11.0. The van der Waals surface area contributed by atoms with Gasteiger partial charge in [0.2, 0.25) is 0 Å². The highest BCUT2D eigenvalue weighted by Gasteiger charge is 2.10. The van der Waals surface area contributed by atoms with Crippen molar-refractivity contribution in [2.75, 3.05) is 27.2 Å². The molecule has 3 N–H and O–H groups in total. The van der Waals surface area contributed by atoms with E-state index in [1.807, 2.05) is 24.1 Å². The van der Waals surface area contributed by atoms with Crippen molar-refractivity contribution < 1.29 is 13.9 Å². The molecule has 0 bridgehead atoms. The van der Waals surface area contributed by atoms with Gasteiger partial charge in [0.25, 0.3) is 5.91 Å². The number of ether oxygens (including phenoxy) is 1. The zero-order valence-corrected chi connectivity index (χ0v) is 17.7. The maximum Gasteiger partial charge on any atom is 0.284 e. The Balaban J connectivity index is 0.00000338. The molecule has 0 saturated carbocycles. The van der Waals surface area contributed by atoms with E-state index in [0.717, 1.165) is 5.75 Å². The molecule has 2 aromatic rings. The smallest absolute Gasteiger partial charge is 0.284 e. The minimum absolute atomic E-state index is 0. The Morgan fingerprint density at radius 3 is 2.77 bits per heavy atom. The van der Waals surface area contributed by atoms with Gasteiger partial charge >= 0.3 is 0 Å². The van der Waals surface area contributed by atoms with Crippen LogP contribution in [0, 0.1) is 0 Å². The standard InChI is InChI=1S/C17H21ClN4O3.HI/c1-20-17(21-11-14-6-7-15(25-14)16(19)23)22(2)8-9-24-13-5-3-4-12(18)10-13;/h3-7,10H,8-9,11H2,1-2H3,(H2,19,23)(H,20,21);1H. The molecule has 0 atom stereocenters. The number of benzene rings is 1. The van der Waals surface area contributed by atoms with Gasteiger partial charge in [-0.1, -0.05) is 17.7 Å². The topological polar surface area (TPSA) is 93.1 Å². The van der Waals surface area contributed by atoms with Crippen molar-refractivity contribution in [1.82, 2.24) is 10.2 Å². The highest BCUT2D eigenvalue weighted by atomic mass is 127. The Morgan fingerprint density at radius 2 is 2.15 bits per heavy atom. The first-order valence-electron chi connectivity index (χ1n) is 7.68. The number of rotatable bonds is 7. The summed E-state index contributed by atoms with van der Waals surface area (Å²) in [5, 5.41) is 3.79. The molecule has 9 heteroatoms. The van der Waals surface area contributed by atoms with E-state index in [9.17, 15) is 4.79 Å². The Morgan fingerprint density at radius 1 is 1.38 bits per heavy atom. The average Bonchev–Trinajstić information content (AvgIpc) is 3.05. The van der Waals surface area contributed by atoms with Crippen molar-refractivity contribution in [2.45, 2.75) is 6.54 Å². The molecule has 0 aliphatic carbocycles. The second kappa shape index (κ2) is 10.9. The largest absolute Gasteiger partial charge is 0.492 e. The minimum atomic E-state index is -0.592. The van der Waals surface area contributed by atoms with Gasteiger partial charge in [-0.15, -0.1) is 24.0 Å². The quantitative estimate of drug-likeness (QED) is 0.352. The van der Waals surface area contributed by atoms with Crippen LogP contribution in [-0.4, -0.2) is 44.0 Å². The van der Waals surface area contributed by atoms with Crippen molar-refractivity contribution in [1.29, 1.82) is 0 Å². The molecular formula is C17H22ClIN4O3. The number of hydrogen-bond acceptors (Lipinski definition) is 4. The number of hydrogen-bond donors (Lipinski definition) is 2. The number of aliphatic imine (C=N–C) groups is 1. The third-order valence-electron chi connectivity index (χ3n) is 3.39. The van der Waals surface area contributed by atoms with E-state index < -0.39 is 5.91 Å². The molecule has 1 heterocycles. The predicted molar refractivity (Wildman–Crippen MR) is 112 cm³/mol. The van der Waals surface area contributed by atoms with Crippen LogP contribution in [0.25, 0.3) is 0 Å². The first kappa shape index (κ1) is 22.1. The molecular weight excluding hydrogens is 471 g/mol. The van der Waals surface area contributed by atoms with Crippen molar-refractivity contribution in [3.8, 4) is 5.75 Å². The summed E-state index contributed by atoms with van der Waals surface area (Å²) in [6.45, 7) is 1.49. The van der Waals surface area contributed by atoms with Gasteiger partial charge in [-0.2, -0.15) is 0 Å². The second-order valence-electron chi connectivity index (χ2n) is 5.26. The van der Waals surface area contributed by atoms with Crippen LogP contribution in [0.4, 0.5) is 0 Å². The molecule has 2 rings (SSSR count). The summed E-state index contributed by atoms with van der Waals surface area (Å²) >= 11 is 5.92. The number of furan rings is 1. The van der Waals surface area contributed by atoms with Gasteiger partial charge in [0.15, 0.2) is 11.7 Å². The number of nitrogens with two attached hydrogens (primary N) is 1. The van der Waals surface area contributed by atoms with Gasteiger partial charge in [-0.25, -0.2) is 0 Å². The number of nitrogens with one attached hydrogen (secondary N) is 1. The molecule has 7 nitrogen and oxygen atoms in total. The summed E-state index contributed by atoms with van der Waals surface area (Å²) in [7, 11) is 3.58. The van der Waals surface area contributed by atoms with Crippen LogP contribution < -0.4 is 15.8 Å². The number of guanidine groups is 1. The van der Waals surface area contributed by atoms with E-state index in [1.165, 1.54) is 0 Å². The molecule has 1 aromatic carbocycles. The SMILES string of the molecule is CN=C(NCc1ccc(C(N)=O)o1)N(C)CCOc1cccc(Cl)c1.I. The number of halogens is 2. The molecule has 26 heavy (non-hydrogen) atoms. The molecule has 0 radical (unpaired) electrons. The fourth-order valence-corrected chi connectivity index (χ4v) is 2.30. The highest BCUT2D eigenvalue weighted by Crippen LogP contribution is 2.16. The average molecular weight is 493 g/mol. The van der Waals surface area contributed by atoms with Gasteiger partial charge in [0.1, 0.15) is 18.1 Å². The molecule has 1 aromatic heterocycles. The normalized spacial score (nSPS) is 10.8. The molecule has 0 aliphatic heterocycles. The monoisotopic (exact) mass is 492 g/mol. The number of carbonyl (C=O) groups is 1.